The zero-order chi connectivity index (χ0) is 35.8. The van der Waals surface area contributed by atoms with Crippen LogP contribution >= 0.6 is 0 Å². The van der Waals surface area contributed by atoms with Crippen molar-refractivity contribution >= 4 is 0 Å². The molecule has 2 heteroatoms. The van der Waals surface area contributed by atoms with Gasteiger partial charge in [-0.1, -0.05) is 252 Å². The monoisotopic (exact) mass is 701 g/mol. The molecule has 0 fully saturated rings. The Kier molecular flexibility index (Phi) is 37.5. The summed E-state index contributed by atoms with van der Waals surface area (Å²) in [5, 5.41) is 0. The maximum Gasteiger partial charge on any atom is 0.101 e. The lowest BCUT2D eigenvalue weighted by Crippen LogP contribution is -2.39. The largest absolute Gasteiger partial charge is 0.356 e. The summed E-state index contributed by atoms with van der Waals surface area (Å²) in [6.07, 6.45) is 63.4. The Morgan fingerprint density at radius 3 is 0.700 bits per heavy atom. The fraction of sp³-hybridized carbons (Fsp3) is 0.958. The minimum atomic E-state index is 0.637. The molecule has 0 saturated carbocycles. The van der Waals surface area contributed by atoms with E-state index in [4.69, 9.17) is 0 Å². The second-order valence-electron chi connectivity index (χ2n) is 16.8. The molecule has 0 saturated heterocycles. The van der Waals surface area contributed by atoms with Gasteiger partial charge in [-0.15, -0.1) is 0 Å². The first-order valence-electron chi connectivity index (χ1n) is 24.0. The summed E-state index contributed by atoms with van der Waals surface area (Å²) in [6.45, 7) is 9.49. The molecule has 0 aliphatic carbocycles. The topological polar surface area (TPSA) is 6.48 Å². The molecule has 1 aliphatic heterocycles. The minimum Gasteiger partial charge on any atom is -0.356 e. The Hall–Kier alpha value is -0.660. The van der Waals surface area contributed by atoms with Gasteiger partial charge in [-0.05, 0) is 25.7 Å². The summed E-state index contributed by atoms with van der Waals surface area (Å²) in [5.74, 6) is 0. The van der Waals surface area contributed by atoms with Crippen LogP contribution in [0.25, 0.3) is 0 Å². The van der Waals surface area contributed by atoms with E-state index in [0.29, 0.717) is 6.17 Å². The van der Waals surface area contributed by atoms with E-state index >= 15 is 0 Å². The van der Waals surface area contributed by atoms with Crippen LogP contribution in [0, 0.1) is 0 Å². The summed E-state index contributed by atoms with van der Waals surface area (Å²) in [6, 6.07) is 0. The Morgan fingerprint density at radius 2 is 0.460 bits per heavy atom. The maximum atomic E-state index is 2.74. The number of nitrogens with zero attached hydrogens (tertiary/aromatic N) is 2. The van der Waals surface area contributed by atoms with Gasteiger partial charge in [0.2, 0.25) is 0 Å². The van der Waals surface area contributed by atoms with Gasteiger partial charge in [-0.2, -0.15) is 0 Å². The highest BCUT2D eigenvalue weighted by Crippen LogP contribution is 2.24. The van der Waals surface area contributed by atoms with E-state index in [-0.39, 0.29) is 0 Å². The van der Waals surface area contributed by atoms with E-state index in [1.54, 1.807) is 0 Å². The molecule has 0 bridgehead atoms. The number of hydrogen-bond donors (Lipinski definition) is 0. The lowest BCUT2D eigenvalue weighted by Gasteiger charge is -2.33. The standard InChI is InChI=1S/C48H96N2/c1-4-7-10-13-16-19-22-24-25-27-30-33-36-39-42-45-50-47-46-49(44-41-38-35-32-29-26-23-20-17-14-11-8-5-2)48(50)43-40-37-34-31-28-21-18-15-12-9-6-3/h46-48H,4-45H2,1-3H3. The average molecular weight is 701 g/mol. The van der Waals surface area contributed by atoms with E-state index in [0.717, 1.165) is 0 Å². The third-order valence-corrected chi connectivity index (χ3v) is 11.8. The van der Waals surface area contributed by atoms with Gasteiger partial charge in [0.05, 0.1) is 0 Å². The van der Waals surface area contributed by atoms with Crippen molar-refractivity contribution in [2.24, 2.45) is 0 Å². The summed E-state index contributed by atoms with van der Waals surface area (Å²) in [4.78, 5) is 5.47. The summed E-state index contributed by atoms with van der Waals surface area (Å²) >= 11 is 0. The van der Waals surface area contributed by atoms with Crippen LogP contribution in [0.4, 0.5) is 0 Å². The molecule has 1 aliphatic rings. The number of rotatable bonds is 42. The number of hydrogen-bond acceptors (Lipinski definition) is 2. The molecule has 0 aromatic heterocycles. The van der Waals surface area contributed by atoms with E-state index in [9.17, 15) is 0 Å². The van der Waals surface area contributed by atoms with Crippen LogP contribution in [0.5, 0.6) is 0 Å². The van der Waals surface area contributed by atoms with E-state index in [1.165, 1.54) is 270 Å². The lowest BCUT2D eigenvalue weighted by atomic mass is 10.0. The van der Waals surface area contributed by atoms with Crippen LogP contribution in [0.1, 0.15) is 278 Å². The quantitative estimate of drug-likeness (QED) is 0.0585. The highest BCUT2D eigenvalue weighted by molar-refractivity contribution is 4.97. The van der Waals surface area contributed by atoms with Crippen molar-refractivity contribution in [3.8, 4) is 0 Å². The van der Waals surface area contributed by atoms with Crippen LogP contribution < -0.4 is 0 Å². The van der Waals surface area contributed by atoms with Gasteiger partial charge >= 0.3 is 0 Å². The van der Waals surface area contributed by atoms with Crippen molar-refractivity contribution in [1.29, 1.82) is 0 Å². The van der Waals surface area contributed by atoms with Crippen LogP contribution in [-0.2, 0) is 0 Å². The van der Waals surface area contributed by atoms with E-state index in [1.807, 2.05) is 0 Å². The fourth-order valence-corrected chi connectivity index (χ4v) is 8.31. The molecular formula is C48H96N2. The van der Waals surface area contributed by atoms with Gasteiger partial charge in [-0.25, -0.2) is 0 Å². The van der Waals surface area contributed by atoms with Crippen molar-refractivity contribution in [3.63, 3.8) is 0 Å². The molecule has 1 heterocycles. The predicted molar refractivity (Wildman–Crippen MR) is 228 cm³/mol. The van der Waals surface area contributed by atoms with Crippen molar-refractivity contribution < 1.29 is 0 Å². The molecule has 50 heavy (non-hydrogen) atoms. The van der Waals surface area contributed by atoms with Gasteiger partial charge < -0.3 is 9.80 Å². The predicted octanol–water partition coefficient (Wildman–Crippen LogP) is 17.1. The SMILES string of the molecule is CCCCCCCCCCCCCCCCCN1C=CN(CCCCCCCCCCCCCCC)C1CCCCCCCCCCCCC. The molecular weight excluding hydrogens is 605 g/mol. The van der Waals surface area contributed by atoms with Crippen molar-refractivity contribution in [1.82, 2.24) is 9.80 Å². The molecule has 2 nitrogen and oxygen atoms in total. The lowest BCUT2D eigenvalue weighted by molar-refractivity contribution is 0.135. The molecule has 0 N–H and O–H groups in total. The van der Waals surface area contributed by atoms with Gasteiger partial charge in [-0.3, -0.25) is 0 Å². The van der Waals surface area contributed by atoms with Crippen molar-refractivity contribution in [2.75, 3.05) is 13.1 Å². The molecule has 1 atom stereocenters. The third kappa shape index (κ3) is 30.9. The Morgan fingerprint density at radius 1 is 0.260 bits per heavy atom. The first-order chi connectivity index (χ1) is 24.8. The van der Waals surface area contributed by atoms with E-state index < -0.39 is 0 Å². The smallest absolute Gasteiger partial charge is 0.101 e. The first-order valence-corrected chi connectivity index (χ1v) is 24.0. The molecule has 0 spiro atoms. The van der Waals surface area contributed by atoms with Crippen molar-refractivity contribution in [2.45, 2.75) is 284 Å². The van der Waals surface area contributed by atoms with Crippen molar-refractivity contribution in [3.05, 3.63) is 12.4 Å². The molecule has 0 aromatic rings. The highest BCUT2D eigenvalue weighted by Gasteiger charge is 2.24. The summed E-state index contributed by atoms with van der Waals surface area (Å²) in [7, 11) is 0. The maximum absolute atomic E-state index is 2.74. The van der Waals surface area contributed by atoms with Crippen LogP contribution in [0.15, 0.2) is 12.4 Å². The summed E-state index contributed by atoms with van der Waals surface area (Å²) in [5.41, 5.74) is 0. The minimum absolute atomic E-state index is 0.637. The zero-order valence-electron chi connectivity index (χ0n) is 35.3. The Labute approximate surface area is 318 Å². The third-order valence-electron chi connectivity index (χ3n) is 11.8. The second kappa shape index (κ2) is 39.5. The molecule has 1 rings (SSSR count). The number of unbranched alkanes of at least 4 members (excludes halogenated alkanes) is 36. The fourth-order valence-electron chi connectivity index (χ4n) is 8.31. The zero-order valence-corrected chi connectivity index (χ0v) is 35.3. The molecule has 0 amide bonds. The van der Waals surface area contributed by atoms with Gasteiger partial charge in [0.1, 0.15) is 6.17 Å². The van der Waals surface area contributed by atoms with Gasteiger partial charge in [0.15, 0.2) is 0 Å². The average Bonchev–Trinajstić information content (AvgIpc) is 3.51. The molecule has 298 valence electrons. The normalized spacial score (nSPS) is 14.5. The Bertz CT molecular complexity index is 659. The molecule has 0 aromatic carbocycles. The first kappa shape index (κ1) is 47.4. The highest BCUT2D eigenvalue weighted by atomic mass is 15.4. The van der Waals surface area contributed by atoms with Gasteiger partial charge in [0.25, 0.3) is 0 Å². The Balaban J connectivity index is 2.19. The molecule has 1 unspecified atom stereocenters. The van der Waals surface area contributed by atoms with Crippen LogP contribution in [0.2, 0.25) is 0 Å². The van der Waals surface area contributed by atoms with Crippen LogP contribution in [0.3, 0.4) is 0 Å². The second-order valence-corrected chi connectivity index (χ2v) is 16.8. The summed E-state index contributed by atoms with van der Waals surface area (Å²) < 4.78 is 0. The van der Waals surface area contributed by atoms with Crippen LogP contribution in [-0.4, -0.2) is 29.1 Å². The van der Waals surface area contributed by atoms with E-state index in [2.05, 4.69) is 43.0 Å². The molecule has 0 radical (unpaired) electrons. The van der Waals surface area contributed by atoms with Gasteiger partial charge in [0, 0.05) is 25.5 Å².